The van der Waals surface area contributed by atoms with Gasteiger partial charge in [-0.25, -0.2) is 0 Å². The Morgan fingerprint density at radius 2 is 0.630 bits per heavy atom. The van der Waals surface area contributed by atoms with Gasteiger partial charge in [0.1, 0.15) is 13.2 Å². The number of hydrogen-bond acceptors (Lipinski definition) is 6. The Labute approximate surface area is 334 Å². The average molecular weight is 761 g/mol. The van der Waals surface area contributed by atoms with E-state index in [1.54, 1.807) is 0 Å². The molecule has 0 aliphatic rings. The number of esters is 3. The Bertz CT molecular complexity index is 880. The van der Waals surface area contributed by atoms with Gasteiger partial charge in [0.15, 0.2) is 6.10 Å². The molecule has 316 valence electrons. The molecule has 0 amide bonds. The molecule has 0 rings (SSSR count). The molecule has 0 heterocycles. The quantitative estimate of drug-likeness (QED) is 0.0267. The van der Waals surface area contributed by atoms with Crippen LogP contribution in [0, 0.1) is 0 Å². The molecule has 0 spiro atoms. The second kappa shape index (κ2) is 43.6. The maximum absolute atomic E-state index is 12.7. The fraction of sp³-hybridized carbons (Fsp3) is 0.854. The highest BCUT2D eigenvalue weighted by Gasteiger charge is 2.19. The fourth-order valence-corrected chi connectivity index (χ4v) is 6.62. The van der Waals surface area contributed by atoms with E-state index in [4.69, 9.17) is 14.2 Å². The standard InChI is InChI=1S/C48H88O6/c1-4-7-10-13-16-19-21-23-24-25-27-29-32-35-38-41-47(50)53-44-45(43-52-46(49)40-37-34-31-28-18-15-12-9-6-3)54-48(51)42-39-36-33-30-26-22-20-17-14-11-8-5-2/h17,20,28,31,45H,4-16,18-19,21-27,29-30,32-44H2,1-3H3/b20-17-,31-28-. The summed E-state index contributed by atoms with van der Waals surface area (Å²) in [7, 11) is 0. The summed E-state index contributed by atoms with van der Waals surface area (Å²) in [6, 6.07) is 0. The number of carbonyl (C=O) groups excluding carboxylic acids is 3. The second-order valence-corrected chi connectivity index (χ2v) is 15.7. The van der Waals surface area contributed by atoms with Crippen molar-refractivity contribution in [2.24, 2.45) is 0 Å². The van der Waals surface area contributed by atoms with Crippen LogP contribution >= 0.6 is 0 Å². The van der Waals surface area contributed by atoms with Gasteiger partial charge in [-0.15, -0.1) is 0 Å². The SMILES string of the molecule is CCCCC/C=C\CCCCCCCC(=O)OC(COC(=O)CCC/C=C\CCCCCC)COC(=O)CCCCCCCCCCCCCCCCC. The van der Waals surface area contributed by atoms with Crippen molar-refractivity contribution in [2.75, 3.05) is 13.2 Å². The summed E-state index contributed by atoms with van der Waals surface area (Å²) >= 11 is 0. The first-order valence-corrected chi connectivity index (χ1v) is 23.3. The van der Waals surface area contributed by atoms with Crippen LogP contribution in [-0.4, -0.2) is 37.2 Å². The van der Waals surface area contributed by atoms with Crippen molar-refractivity contribution in [3.63, 3.8) is 0 Å². The molecule has 0 aromatic rings. The predicted octanol–water partition coefficient (Wildman–Crippen LogP) is 14.8. The number of allylic oxidation sites excluding steroid dienone is 4. The number of unbranched alkanes of at least 4 members (excludes halogenated alkanes) is 27. The smallest absolute Gasteiger partial charge is 0.306 e. The first kappa shape index (κ1) is 51.9. The van der Waals surface area contributed by atoms with Crippen LogP contribution in [0.2, 0.25) is 0 Å². The average Bonchev–Trinajstić information content (AvgIpc) is 3.17. The molecule has 1 atom stereocenters. The van der Waals surface area contributed by atoms with Crippen molar-refractivity contribution in [3.05, 3.63) is 24.3 Å². The molecule has 6 nitrogen and oxygen atoms in total. The van der Waals surface area contributed by atoms with Gasteiger partial charge in [-0.05, 0) is 64.2 Å². The zero-order chi connectivity index (χ0) is 39.4. The lowest BCUT2D eigenvalue weighted by Gasteiger charge is -2.18. The van der Waals surface area contributed by atoms with Crippen molar-refractivity contribution in [1.29, 1.82) is 0 Å². The lowest BCUT2D eigenvalue weighted by Crippen LogP contribution is -2.30. The third kappa shape index (κ3) is 41.1. The van der Waals surface area contributed by atoms with Gasteiger partial charge in [-0.3, -0.25) is 14.4 Å². The van der Waals surface area contributed by atoms with Gasteiger partial charge in [0.2, 0.25) is 0 Å². The summed E-state index contributed by atoms with van der Waals surface area (Å²) in [6.07, 6.45) is 47.4. The lowest BCUT2D eigenvalue weighted by molar-refractivity contribution is -0.167. The van der Waals surface area contributed by atoms with Crippen LogP contribution in [0.15, 0.2) is 24.3 Å². The summed E-state index contributed by atoms with van der Waals surface area (Å²) in [4.78, 5) is 37.7. The van der Waals surface area contributed by atoms with Crippen LogP contribution in [0.4, 0.5) is 0 Å². The molecule has 0 bridgehead atoms. The van der Waals surface area contributed by atoms with Crippen LogP contribution in [0.1, 0.15) is 245 Å². The number of ether oxygens (including phenoxy) is 3. The molecule has 0 aromatic heterocycles. The van der Waals surface area contributed by atoms with Gasteiger partial charge in [0.25, 0.3) is 0 Å². The van der Waals surface area contributed by atoms with Crippen LogP contribution in [0.25, 0.3) is 0 Å². The Kier molecular flexibility index (Phi) is 41.9. The lowest BCUT2D eigenvalue weighted by atomic mass is 10.0. The molecular weight excluding hydrogens is 673 g/mol. The van der Waals surface area contributed by atoms with Crippen molar-refractivity contribution < 1.29 is 28.6 Å². The Morgan fingerprint density at radius 1 is 0.352 bits per heavy atom. The fourth-order valence-electron chi connectivity index (χ4n) is 6.62. The van der Waals surface area contributed by atoms with Crippen LogP contribution in [0.5, 0.6) is 0 Å². The molecule has 6 heteroatoms. The van der Waals surface area contributed by atoms with E-state index in [1.165, 1.54) is 135 Å². The molecule has 0 fully saturated rings. The van der Waals surface area contributed by atoms with E-state index < -0.39 is 6.10 Å². The molecule has 0 aliphatic heterocycles. The molecule has 54 heavy (non-hydrogen) atoms. The second-order valence-electron chi connectivity index (χ2n) is 15.7. The number of carbonyl (C=O) groups is 3. The minimum Gasteiger partial charge on any atom is -0.462 e. The summed E-state index contributed by atoms with van der Waals surface area (Å²) < 4.78 is 16.7. The molecule has 0 aromatic carbocycles. The minimum absolute atomic E-state index is 0.0800. The van der Waals surface area contributed by atoms with Crippen molar-refractivity contribution in [2.45, 2.75) is 252 Å². The topological polar surface area (TPSA) is 78.9 Å². The Hall–Kier alpha value is -2.11. The zero-order valence-corrected chi connectivity index (χ0v) is 36.0. The van der Waals surface area contributed by atoms with E-state index in [0.29, 0.717) is 19.3 Å². The molecule has 0 radical (unpaired) electrons. The van der Waals surface area contributed by atoms with Crippen molar-refractivity contribution in [1.82, 2.24) is 0 Å². The van der Waals surface area contributed by atoms with E-state index in [0.717, 1.165) is 70.6 Å². The van der Waals surface area contributed by atoms with Crippen molar-refractivity contribution in [3.8, 4) is 0 Å². The number of hydrogen-bond donors (Lipinski definition) is 0. The molecular formula is C48H88O6. The normalized spacial score (nSPS) is 12.1. The molecule has 0 saturated carbocycles. The van der Waals surface area contributed by atoms with Gasteiger partial charge in [-0.2, -0.15) is 0 Å². The highest BCUT2D eigenvalue weighted by Crippen LogP contribution is 2.15. The number of rotatable bonds is 42. The van der Waals surface area contributed by atoms with Gasteiger partial charge in [0.05, 0.1) is 0 Å². The first-order chi connectivity index (χ1) is 26.5. The van der Waals surface area contributed by atoms with E-state index >= 15 is 0 Å². The molecule has 1 unspecified atom stereocenters. The van der Waals surface area contributed by atoms with Gasteiger partial charge < -0.3 is 14.2 Å². The predicted molar refractivity (Wildman–Crippen MR) is 229 cm³/mol. The van der Waals surface area contributed by atoms with Gasteiger partial charge in [0, 0.05) is 19.3 Å². The van der Waals surface area contributed by atoms with Gasteiger partial charge >= 0.3 is 17.9 Å². The maximum Gasteiger partial charge on any atom is 0.306 e. The minimum atomic E-state index is -0.779. The third-order valence-corrected chi connectivity index (χ3v) is 10.2. The molecule has 0 saturated heterocycles. The summed E-state index contributed by atoms with van der Waals surface area (Å²) in [5.74, 6) is -0.921. The van der Waals surface area contributed by atoms with Crippen LogP contribution < -0.4 is 0 Å². The highest BCUT2D eigenvalue weighted by atomic mass is 16.6. The Balaban J connectivity index is 4.34. The maximum atomic E-state index is 12.7. The summed E-state index contributed by atoms with van der Waals surface area (Å²) in [5, 5.41) is 0. The molecule has 0 aliphatic carbocycles. The summed E-state index contributed by atoms with van der Waals surface area (Å²) in [5.41, 5.74) is 0. The monoisotopic (exact) mass is 761 g/mol. The summed E-state index contributed by atoms with van der Waals surface area (Å²) in [6.45, 7) is 6.55. The third-order valence-electron chi connectivity index (χ3n) is 10.2. The van der Waals surface area contributed by atoms with E-state index in [9.17, 15) is 14.4 Å². The van der Waals surface area contributed by atoms with Crippen LogP contribution in [-0.2, 0) is 28.6 Å². The zero-order valence-electron chi connectivity index (χ0n) is 36.0. The van der Waals surface area contributed by atoms with E-state index in [2.05, 4.69) is 45.1 Å². The highest BCUT2D eigenvalue weighted by molar-refractivity contribution is 5.71. The van der Waals surface area contributed by atoms with E-state index in [1.807, 2.05) is 0 Å². The molecule has 0 N–H and O–H groups in total. The van der Waals surface area contributed by atoms with Gasteiger partial charge in [-0.1, -0.05) is 186 Å². The van der Waals surface area contributed by atoms with E-state index in [-0.39, 0.29) is 31.1 Å². The van der Waals surface area contributed by atoms with Crippen LogP contribution in [0.3, 0.4) is 0 Å². The Morgan fingerprint density at radius 3 is 1.06 bits per heavy atom. The van der Waals surface area contributed by atoms with Crippen molar-refractivity contribution >= 4 is 17.9 Å². The largest absolute Gasteiger partial charge is 0.462 e. The first-order valence-electron chi connectivity index (χ1n) is 23.3.